The van der Waals surface area contributed by atoms with Crippen LogP contribution in [-0.4, -0.2) is 41.9 Å². The molecule has 2 aliphatic rings. The predicted octanol–water partition coefficient (Wildman–Crippen LogP) is 2.64. The van der Waals surface area contributed by atoms with Gasteiger partial charge in [0.05, 0.1) is 23.7 Å². The van der Waals surface area contributed by atoms with Crippen molar-refractivity contribution in [3.8, 4) is 5.75 Å². The van der Waals surface area contributed by atoms with Crippen molar-refractivity contribution < 1.29 is 14.6 Å². The Hall–Kier alpha value is -2.25. The van der Waals surface area contributed by atoms with Gasteiger partial charge in [-0.1, -0.05) is 0 Å². The first kappa shape index (κ1) is 20.5. The Kier molecular flexibility index (Phi) is 5.59. The van der Waals surface area contributed by atoms with Crippen molar-refractivity contribution in [3.63, 3.8) is 0 Å². The van der Waals surface area contributed by atoms with Crippen LogP contribution >= 0.6 is 12.4 Å². The maximum atomic E-state index is 12.7. The molecule has 8 heteroatoms. The summed E-state index contributed by atoms with van der Waals surface area (Å²) in [7, 11) is 1.60. The van der Waals surface area contributed by atoms with Crippen molar-refractivity contribution in [2.24, 2.45) is 11.7 Å². The van der Waals surface area contributed by atoms with Crippen LogP contribution in [-0.2, 0) is 0 Å². The largest absolute Gasteiger partial charge is 0.492 e. The van der Waals surface area contributed by atoms with Gasteiger partial charge in [0.15, 0.2) is 5.75 Å². The molecule has 1 saturated heterocycles. The van der Waals surface area contributed by atoms with Gasteiger partial charge in [-0.3, -0.25) is 4.79 Å². The van der Waals surface area contributed by atoms with E-state index in [9.17, 15) is 14.7 Å². The van der Waals surface area contributed by atoms with Gasteiger partial charge in [0.2, 0.25) is 5.43 Å². The fraction of sp³-hybridized carbons (Fsp3) is 0.500. The molecule has 152 valence electrons. The molecule has 2 atom stereocenters. The van der Waals surface area contributed by atoms with Crippen molar-refractivity contribution in [3.05, 3.63) is 34.1 Å². The number of nitrogens with two attached hydrogens (primary N) is 1. The molecule has 1 aliphatic carbocycles. The molecule has 1 aliphatic heterocycles. The number of rotatable bonds is 5. The summed E-state index contributed by atoms with van der Waals surface area (Å²) in [5.74, 6) is -0.136. The summed E-state index contributed by atoms with van der Waals surface area (Å²) >= 11 is 0. The molecule has 0 radical (unpaired) electrons. The van der Waals surface area contributed by atoms with Gasteiger partial charge in [0, 0.05) is 31.4 Å². The van der Waals surface area contributed by atoms with Crippen molar-refractivity contribution in [2.75, 3.05) is 25.1 Å². The van der Waals surface area contributed by atoms with E-state index in [-0.39, 0.29) is 30.1 Å². The third-order valence-corrected chi connectivity index (χ3v) is 5.81. The fourth-order valence-electron chi connectivity index (χ4n) is 4.09. The Morgan fingerprint density at radius 2 is 2.04 bits per heavy atom. The Bertz CT molecular complexity index is 968. The summed E-state index contributed by atoms with van der Waals surface area (Å²) < 4.78 is 7.68. The smallest absolute Gasteiger partial charge is 0.341 e. The number of anilines is 1. The van der Waals surface area contributed by atoms with Gasteiger partial charge >= 0.3 is 5.97 Å². The summed E-state index contributed by atoms with van der Waals surface area (Å²) in [6, 6.07) is 3.95. The molecule has 0 spiro atoms. The number of carbonyl (C=O) groups is 1. The standard InChI is InChI=1S/C20H25N3O4.ClH/c1-11(21)12-7-8-22(9-12)16-6-5-14-17(19(16)27-2)23(13-3-4-13)10-15(18(14)24)20(25)26;/h5-6,10-13H,3-4,7-9,21H2,1-2H3,(H,25,26);1H/t11-,12+;/m0./s1. The van der Waals surface area contributed by atoms with Gasteiger partial charge in [0.1, 0.15) is 5.56 Å². The van der Waals surface area contributed by atoms with E-state index in [1.54, 1.807) is 13.2 Å². The lowest BCUT2D eigenvalue weighted by Gasteiger charge is -2.24. The van der Waals surface area contributed by atoms with Gasteiger partial charge in [-0.2, -0.15) is 0 Å². The van der Waals surface area contributed by atoms with E-state index in [1.807, 2.05) is 17.6 Å². The number of pyridine rings is 1. The number of benzene rings is 1. The number of nitrogens with zero attached hydrogens (tertiary/aromatic N) is 2. The van der Waals surface area contributed by atoms with E-state index in [0.717, 1.165) is 38.0 Å². The van der Waals surface area contributed by atoms with E-state index in [4.69, 9.17) is 10.5 Å². The van der Waals surface area contributed by atoms with E-state index >= 15 is 0 Å². The number of hydrogen-bond acceptors (Lipinski definition) is 5. The second-order valence-electron chi connectivity index (χ2n) is 7.68. The number of aromatic carboxylic acids is 1. The van der Waals surface area contributed by atoms with Crippen LogP contribution in [0.15, 0.2) is 23.1 Å². The normalized spacial score (nSPS) is 20.1. The molecule has 1 saturated carbocycles. The third-order valence-electron chi connectivity index (χ3n) is 5.81. The van der Waals surface area contributed by atoms with Crippen LogP contribution in [0, 0.1) is 5.92 Å². The van der Waals surface area contributed by atoms with Crippen LogP contribution < -0.4 is 20.8 Å². The second-order valence-corrected chi connectivity index (χ2v) is 7.68. The molecule has 0 amide bonds. The molecular formula is C20H26ClN3O4. The van der Waals surface area contributed by atoms with Gasteiger partial charge in [0.25, 0.3) is 0 Å². The zero-order valence-electron chi connectivity index (χ0n) is 16.1. The molecule has 2 fully saturated rings. The van der Waals surface area contributed by atoms with Gasteiger partial charge in [-0.05, 0) is 44.2 Å². The zero-order valence-corrected chi connectivity index (χ0v) is 16.9. The van der Waals surface area contributed by atoms with Crippen LogP contribution in [0.2, 0.25) is 0 Å². The lowest BCUT2D eigenvalue weighted by Crippen LogP contribution is -2.30. The topological polar surface area (TPSA) is 97.8 Å². The molecule has 7 nitrogen and oxygen atoms in total. The van der Waals surface area contributed by atoms with E-state index in [2.05, 4.69) is 4.90 Å². The Labute approximate surface area is 169 Å². The molecular weight excluding hydrogens is 382 g/mol. The number of fused-ring (bicyclic) bond motifs is 1. The first-order valence-corrected chi connectivity index (χ1v) is 9.42. The van der Waals surface area contributed by atoms with Crippen LogP contribution in [0.25, 0.3) is 10.9 Å². The zero-order chi connectivity index (χ0) is 19.3. The molecule has 0 unspecified atom stereocenters. The van der Waals surface area contributed by atoms with Crippen LogP contribution in [0.1, 0.15) is 42.6 Å². The highest BCUT2D eigenvalue weighted by molar-refractivity contribution is 5.97. The van der Waals surface area contributed by atoms with Crippen molar-refractivity contribution in [2.45, 2.75) is 38.3 Å². The Morgan fingerprint density at radius 1 is 1.32 bits per heavy atom. The Morgan fingerprint density at radius 3 is 2.57 bits per heavy atom. The molecule has 28 heavy (non-hydrogen) atoms. The number of halogens is 1. The van der Waals surface area contributed by atoms with Crippen LogP contribution in [0.4, 0.5) is 5.69 Å². The minimum Gasteiger partial charge on any atom is -0.492 e. The molecule has 1 aromatic heterocycles. The monoisotopic (exact) mass is 407 g/mol. The molecule has 2 heterocycles. The maximum absolute atomic E-state index is 12.7. The Balaban J connectivity index is 0.00000225. The molecule has 3 N–H and O–H groups in total. The first-order valence-electron chi connectivity index (χ1n) is 9.42. The van der Waals surface area contributed by atoms with Crippen molar-refractivity contribution >= 4 is 35.0 Å². The molecule has 4 rings (SSSR count). The summed E-state index contributed by atoms with van der Waals surface area (Å²) in [6.45, 7) is 3.76. The van der Waals surface area contributed by atoms with E-state index in [1.165, 1.54) is 6.20 Å². The highest BCUT2D eigenvalue weighted by Crippen LogP contribution is 2.43. The van der Waals surface area contributed by atoms with Gasteiger partial charge in [-0.25, -0.2) is 4.79 Å². The highest BCUT2D eigenvalue weighted by Gasteiger charge is 2.31. The minimum atomic E-state index is -1.20. The van der Waals surface area contributed by atoms with Gasteiger partial charge in [-0.15, -0.1) is 12.4 Å². The van der Waals surface area contributed by atoms with Gasteiger partial charge < -0.3 is 25.0 Å². The van der Waals surface area contributed by atoms with E-state index in [0.29, 0.717) is 22.6 Å². The maximum Gasteiger partial charge on any atom is 0.341 e. The highest BCUT2D eigenvalue weighted by atomic mass is 35.5. The quantitative estimate of drug-likeness (QED) is 0.790. The molecule has 1 aromatic carbocycles. The summed E-state index contributed by atoms with van der Waals surface area (Å²) in [5, 5.41) is 9.82. The lowest BCUT2D eigenvalue weighted by molar-refractivity contribution is 0.0695. The number of hydrogen-bond donors (Lipinski definition) is 2. The lowest BCUT2D eigenvalue weighted by atomic mass is 10.0. The molecule has 0 bridgehead atoms. The molecule has 2 aromatic rings. The van der Waals surface area contributed by atoms with Crippen molar-refractivity contribution in [1.82, 2.24) is 4.57 Å². The summed E-state index contributed by atoms with van der Waals surface area (Å²) in [5.41, 5.74) is 7.05. The minimum absolute atomic E-state index is 0. The number of aromatic nitrogens is 1. The predicted molar refractivity (Wildman–Crippen MR) is 111 cm³/mol. The average Bonchev–Trinajstić information content (AvgIpc) is 3.36. The first-order chi connectivity index (χ1) is 12.9. The number of carboxylic acids is 1. The second kappa shape index (κ2) is 7.64. The number of methoxy groups -OCH3 is 1. The summed E-state index contributed by atoms with van der Waals surface area (Å²) in [6.07, 6.45) is 4.44. The van der Waals surface area contributed by atoms with E-state index < -0.39 is 11.4 Å². The van der Waals surface area contributed by atoms with Crippen LogP contribution in [0.3, 0.4) is 0 Å². The fourth-order valence-corrected chi connectivity index (χ4v) is 4.09. The number of ether oxygens (including phenoxy) is 1. The number of carboxylic acid groups (broad SMARTS) is 1. The third kappa shape index (κ3) is 3.33. The van der Waals surface area contributed by atoms with Crippen molar-refractivity contribution in [1.29, 1.82) is 0 Å². The van der Waals surface area contributed by atoms with Crippen LogP contribution in [0.5, 0.6) is 5.75 Å². The average molecular weight is 408 g/mol. The SMILES string of the molecule is COc1c(N2CC[C@@H]([C@H](C)N)C2)ccc2c(=O)c(C(=O)O)cn(C3CC3)c12.Cl. The summed E-state index contributed by atoms with van der Waals surface area (Å²) in [4.78, 5) is 26.5.